The Balaban J connectivity index is 1.33. The number of ether oxygens (including phenoxy) is 1. The Morgan fingerprint density at radius 1 is 0.960 bits per heavy atom. The fraction of sp³-hybridized carbons (Fsp3) is 0.308. The fourth-order valence-corrected chi connectivity index (χ4v) is 10.7. The summed E-state index contributed by atoms with van der Waals surface area (Å²) in [7, 11) is -3.02. The van der Waals surface area contributed by atoms with Gasteiger partial charge in [-0.2, -0.15) is 0 Å². The van der Waals surface area contributed by atoms with Gasteiger partial charge < -0.3 is 24.4 Å². The van der Waals surface area contributed by atoms with Crippen molar-refractivity contribution in [3.63, 3.8) is 0 Å². The highest BCUT2D eigenvalue weighted by Gasteiger charge is 2.66. The first kappa shape index (κ1) is 35.7. The van der Waals surface area contributed by atoms with Gasteiger partial charge >= 0.3 is 0 Å². The van der Waals surface area contributed by atoms with Crippen molar-refractivity contribution < 1.29 is 29.0 Å². The van der Waals surface area contributed by atoms with E-state index >= 15 is 0 Å². The number of rotatable bonds is 12. The standard InChI is InChI=1S/C39H42BrN3O6Si/c1-27-37(50(2,3)48)35(23-36(46)41(19-20-44)24-28-11-6-4-7-12-28)49-39(27)33-22-30(40)17-18-34(33)42(38(39)47)25-29-13-10-16-32(21-29)43(26-45)31-14-8-5-9-15-31/h4-18,21-22,26-27,35,37,44,48H,19-20,23-25H2,1-3H3/t27-,35+,37-,39+/m1/s1. The van der Waals surface area contributed by atoms with Crippen LogP contribution < -0.4 is 9.80 Å². The predicted molar refractivity (Wildman–Crippen MR) is 199 cm³/mol. The van der Waals surface area contributed by atoms with Crippen LogP contribution in [0.15, 0.2) is 108 Å². The molecule has 4 aromatic carbocycles. The summed E-state index contributed by atoms with van der Waals surface area (Å²) in [4.78, 5) is 57.6. The first-order valence-corrected chi connectivity index (χ1v) is 20.6. The molecule has 260 valence electrons. The monoisotopic (exact) mass is 755 g/mol. The number of benzene rings is 4. The molecule has 4 atom stereocenters. The number of halogens is 1. The number of aliphatic hydroxyl groups excluding tert-OH is 1. The molecule has 0 bridgehead atoms. The second-order valence-electron chi connectivity index (χ2n) is 13.6. The summed E-state index contributed by atoms with van der Waals surface area (Å²) in [5.41, 5.74) is 2.66. The van der Waals surface area contributed by atoms with E-state index in [4.69, 9.17) is 4.74 Å². The zero-order valence-corrected chi connectivity index (χ0v) is 31.0. The van der Waals surface area contributed by atoms with E-state index in [0.717, 1.165) is 27.7 Å². The van der Waals surface area contributed by atoms with E-state index in [1.165, 1.54) is 0 Å². The van der Waals surface area contributed by atoms with Gasteiger partial charge in [0.25, 0.3) is 5.91 Å². The minimum absolute atomic E-state index is 0.0414. The number of carbonyl (C=O) groups excluding carboxylic acids is 3. The molecule has 2 aliphatic rings. The molecule has 0 aromatic heterocycles. The summed E-state index contributed by atoms with van der Waals surface area (Å²) in [6.07, 6.45) is 0.00194. The molecule has 1 fully saturated rings. The molecule has 0 radical (unpaired) electrons. The highest BCUT2D eigenvalue weighted by atomic mass is 79.9. The van der Waals surface area contributed by atoms with Crippen LogP contribution in [0.5, 0.6) is 0 Å². The number of nitrogens with zero attached hydrogens (tertiary/aromatic N) is 3. The molecule has 9 nitrogen and oxygen atoms in total. The zero-order chi connectivity index (χ0) is 35.6. The first-order chi connectivity index (χ1) is 24.0. The summed E-state index contributed by atoms with van der Waals surface area (Å²) in [6.45, 7) is 6.12. The van der Waals surface area contributed by atoms with Gasteiger partial charge in [0.05, 0.1) is 31.4 Å². The number of amides is 3. The number of para-hydroxylation sites is 1. The second-order valence-corrected chi connectivity index (χ2v) is 18.5. The van der Waals surface area contributed by atoms with Crippen molar-refractivity contribution in [2.45, 2.75) is 56.8 Å². The molecule has 1 spiro atoms. The Hall–Kier alpha value is -4.13. The molecule has 4 aromatic rings. The highest BCUT2D eigenvalue weighted by Crippen LogP contribution is 2.60. The number of anilines is 3. The first-order valence-electron chi connectivity index (χ1n) is 16.8. The molecule has 50 heavy (non-hydrogen) atoms. The maximum atomic E-state index is 14.9. The van der Waals surface area contributed by atoms with Gasteiger partial charge in [-0.05, 0) is 66.7 Å². The van der Waals surface area contributed by atoms with Crippen LogP contribution in [0.4, 0.5) is 17.1 Å². The van der Waals surface area contributed by atoms with E-state index in [1.807, 2.05) is 123 Å². The third-order valence-corrected chi connectivity index (χ3v) is 12.9. The number of carbonyl (C=O) groups is 3. The smallest absolute Gasteiger partial charge is 0.264 e. The Kier molecular flexibility index (Phi) is 10.4. The van der Waals surface area contributed by atoms with Crippen LogP contribution in [-0.2, 0) is 37.8 Å². The normalized spacial score (nSPS) is 21.4. The molecular weight excluding hydrogens is 714 g/mol. The van der Waals surface area contributed by atoms with Crippen LogP contribution in [-0.4, -0.2) is 60.6 Å². The number of hydrogen-bond donors (Lipinski definition) is 2. The van der Waals surface area contributed by atoms with Crippen molar-refractivity contribution in [1.82, 2.24) is 4.90 Å². The largest absolute Gasteiger partial charge is 0.432 e. The van der Waals surface area contributed by atoms with Crippen molar-refractivity contribution in [3.05, 3.63) is 124 Å². The predicted octanol–water partition coefficient (Wildman–Crippen LogP) is 6.50. The second kappa shape index (κ2) is 14.6. The summed E-state index contributed by atoms with van der Waals surface area (Å²) < 4.78 is 7.69. The van der Waals surface area contributed by atoms with E-state index in [-0.39, 0.29) is 37.9 Å². The molecule has 2 heterocycles. The molecule has 6 rings (SSSR count). The van der Waals surface area contributed by atoms with E-state index in [1.54, 1.807) is 14.7 Å². The minimum Gasteiger partial charge on any atom is -0.432 e. The van der Waals surface area contributed by atoms with Gasteiger partial charge in [-0.25, -0.2) is 0 Å². The Labute approximate surface area is 302 Å². The van der Waals surface area contributed by atoms with Crippen LogP contribution in [0.2, 0.25) is 18.6 Å². The van der Waals surface area contributed by atoms with Gasteiger partial charge in [-0.1, -0.05) is 83.5 Å². The van der Waals surface area contributed by atoms with Gasteiger partial charge in [0.1, 0.15) is 0 Å². The summed E-state index contributed by atoms with van der Waals surface area (Å²) in [6, 6.07) is 32.1. The van der Waals surface area contributed by atoms with Gasteiger partial charge in [0.15, 0.2) is 13.9 Å². The summed E-state index contributed by atoms with van der Waals surface area (Å²) >= 11 is 3.61. The topological polar surface area (TPSA) is 111 Å². The minimum atomic E-state index is -3.02. The van der Waals surface area contributed by atoms with Crippen molar-refractivity contribution in [2.75, 3.05) is 23.0 Å². The zero-order valence-electron chi connectivity index (χ0n) is 28.4. The Morgan fingerprint density at radius 3 is 2.28 bits per heavy atom. The summed E-state index contributed by atoms with van der Waals surface area (Å²) in [5, 5.41) is 9.82. The molecular formula is C39H42BrN3O6Si. The molecule has 1 saturated heterocycles. The van der Waals surface area contributed by atoms with Crippen LogP contribution in [0.1, 0.15) is 30.0 Å². The van der Waals surface area contributed by atoms with Crippen LogP contribution >= 0.6 is 15.9 Å². The summed E-state index contributed by atoms with van der Waals surface area (Å²) in [5.74, 6) is -0.923. The quantitative estimate of drug-likeness (QED) is 0.126. The highest BCUT2D eigenvalue weighted by molar-refractivity contribution is 9.10. The molecule has 2 aliphatic heterocycles. The van der Waals surface area contributed by atoms with Gasteiger partial charge in [-0.3, -0.25) is 19.3 Å². The lowest BCUT2D eigenvalue weighted by Crippen LogP contribution is -2.46. The van der Waals surface area contributed by atoms with Gasteiger partial charge in [-0.15, -0.1) is 0 Å². The van der Waals surface area contributed by atoms with Crippen LogP contribution in [0.3, 0.4) is 0 Å². The third kappa shape index (κ3) is 6.80. The number of fused-ring (bicyclic) bond motifs is 2. The van der Waals surface area contributed by atoms with Crippen molar-refractivity contribution in [3.8, 4) is 0 Å². The van der Waals surface area contributed by atoms with Gasteiger partial charge in [0.2, 0.25) is 12.3 Å². The molecule has 0 saturated carbocycles. The average Bonchev–Trinajstić information content (AvgIpc) is 3.52. The van der Waals surface area contributed by atoms with Crippen molar-refractivity contribution >= 4 is 59.5 Å². The molecule has 11 heteroatoms. The van der Waals surface area contributed by atoms with Crippen molar-refractivity contribution in [2.24, 2.45) is 5.92 Å². The maximum absolute atomic E-state index is 14.9. The average molecular weight is 757 g/mol. The van der Waals surface area contributed by atoms with Crippen LogP contribution in [0, 0.1) is 5.92 Å². The van der Waals surface area contributed by atoms with Crippen LogP contribution in [0.25, 0.3) is 0 Å². The molecule has 0 unspecified atom stereocenters. The van der Waals surface area contributed by atoms with Gasteiger partial charge in [0, 0.05) is 46.0 Å². The SMILES string of the molecule is C[C@@H]1[C@@H]([Si](C)(C)O)[C@H](CC(=O)N(CCO)Cc2ccccc2)O[C@@]12C(=O)N(Cc1cccc(N(C=O)c3ccccc3)c1)c1ccc(Br)cc12. The molecule has 0 aliphatic carbocycles. The van der Waals surface area contributed by atoms with E-state index in [0.29, 0.717) is 23.5 Å². The third-order valence-electron chi connectivity index (χ3n) is 9.93. The van der Waals surface area contributed by atoms with E-state index in [9.17, 15) is 24.3 Å². The lowest BCUT2D eigenvalue weighted by Gasteiger charge is -2.32. The molecule has 2 N–H and O–H groups in total. The number of aliphatic hydroxyl groups is 1. The molecule has 3 amide bonds. The fourth-order valence-electron chi connectivity index (χ4n) is 7.77. The number of hydrogen-bond acceptors (Lipinski definition) is 6. The lowest BCUT2D eigenvalue weighted by atomic mass is 9.82. The Bertz CT molecular complexity index is 1860. The Morgan fingerprint density at radius 2 is 1.62 bits per heavy atom. The maximum Gasteiger partial charge on any atom is 0.264 e. The lowest BCUT2D eigenvalue weighted by molar-refractivity contribution is -0.150. The van der Waals surface area contributed by atoms with Crippen molar-refractivity contribution in [1.29, 1.82) is 0 Å². The van der Waals surface area contributed by atoms with E-state index < -0.39 is 31.5 Å². The van der Waals surface area contributed by atoms with E-state index in [2.05, 4.69) is 15.9 Å².